The van der Waals surface area contributed by atoms with Gasteiger partial charge in [0.05, 0.1) is 0 Å². The largest absolute Gasteiger partial charge is 0.309 e. The van der Waals surface area contributed by atoms with Crippen molar-refractivity contribution >= 4 is 0 Å². The molecule has 0 amide bonds. The molecule has 0 heterocycles. The summed E-state index contributed by atoms with van der Waals surface area (Å²) in [5.74, 6) is 0. The van der Waals surface area contributed by atoms with Crippen molar-refractivity contribution in [2.45, 2.75) is 58.3 Å². The van der Waals surface area contributed by atoms with Crippen LogP contribution in [0.2, 0.25) is 0 Å². The van der Waals surface area contributed by atoms with Gasteiger partial charge in [0, 0.05) is 0 Å². The van der Waals surface area contributed by atoms with E-state index in [9.17, 15) is 0 Å². The fourth-order valence-corrected chi connectivity index (χ4v) is 1.62. The third-order valence-electron chi connectivity index (χ3n) is 2.60. The molecule has 0 atom stereocenters. The predicted octanol–water partition coefficient (Wildman–Crippen LogP) is 4.24. The summed E-state index contributed by atoms with van der Waals surface area (Å²) in [6.45, 7) is 3.48. The minimum absolute atomic E-state index is 1.25. The molecule has 0 saturated carbocycles. The highest BCUT2D eigenvalue weighted by molar-refractivity contribution is 4.80. The van der Waals surface area contributed by atoms with Gasteiger partial charge in [0.15, 0.2) is 0 Å². The Hall–Kier alpha value is -0.300. The molecule has 0 bridgehead atoms. The third kappa shape index (κ3) is 13.7. The molecule has 0 N–H and O–H groups in total. The van der Waals surface area contributed by atoms with Crippen LogP contribution in [0.25, 0.3) is 0 Å². The van der Waals surface area contributed by atoms with Crippen molar-refractivity contribution in [3.8, 4) is 0 Å². The zero-order valence-electron chi connectivity index (χ0n) is 11.0. The van der Waals surface area contributed by atoms with Crippen LogP contribution in [-0.4, -0.2) is 25.5 Å². The molecule has 0 unspecified atom stereocenters. The standard InChI is InChI=1S/C14H29N/c1-4-5-6-7-8-9-10-11-12-13-14-15(2)3/h6-7H,4-5,8-14H2,1-3H3/b7-6+. The summed E-state index contributed by atoms with van der Waals surface area (Å²) in [5, 5.41) is 0. The lowest BCUT2D eigenvalue weighted by molar-refractivity contribution is 0.390. The number of hydrogen-bond donors (Lipinski definition) is 0. The molecule has 0 aliphatic carbocycles. The lowest BCUT2D eigenvalue weighted by Crippen LogP contribution is -2.12. The molecule has 0 spiro atoms. The van der Waals surface area contributed by atoms with Crippen LogP contribution in [0, 0.1) is 0 Å². The minimum Gasteiger partial charge on any atom is -0.309 e. The highest BCUT2D eigenvalue weighted by Crippen LogP contribution is 2.06. The van der Waals surface area contributed by atoms with Crippen molar-refractivity contribution in [2.75, 3.05) is 20.6 Å². The molecule has 0 fully saturated rings. The van der Waals surface area contributed by atoms with Crippen LogP contribution in [0.3, 0.4) is 0 Å². The van der Waals surface area contributed by atoms with Gasteiger partial charge in [-0.25, -0.2) is 0 Å². The molecule has 1 heteroatoms. The Bertz CT molecular complexity index is 138. The number of rotatable bonds is 10. The van der Waals surface area contributed by atoms with E-state index in [0.29, 0.717) is 0 Å². The van der Waals surface area contributed by atoms with Crippen molar-refractivity contribution in [3.63, 3.8) is 0 Å². The summed E-state index contributed by atoms with van der Waals surface area (Å²) in [4.78, 5) is 2.27. The summed E-state index contributed by atoms with van der Waals surface area (Å²) in [6.07, 6.45) is 15.4. The quantitative estimate of drug-likeness (QED) is 0.386. The zero-order valence-corrected chi connectivity index (χ0v) is 11.0. The van der Waals surface area contributed by atoms with Crippen molar-refractivity contribution in [1.82, 2.24) is 4.90 Å². The van der Waals surface area contributed by atoms with E-state index in [-0.39, 0.29) is 0 Å². The first-order valence-electron chi connectivity index (χ1n) is 6.57. The van der Waals surface area contributed by atoms with E-state index in [1.165, 1.54) is 57.9 Å². The molecular formula is C14H29N. The van der Waals surface area contributed by atoms with Gasteiger partial charge in [0.1, 0.15) is 0 Å². The summed E-state index contributed by atoms with van der Waals surface area (Å²) in [6, 6.07) is 0. The van der Waals surface area contributed by atoms with Gasteiger partial charge < -0.3 is 4.90 Å². The molecule has 1 nitrogen and oxygen atoms in total. The molecule has 0 aliphatic heterocycles. The maximum atomic E-state index is 2.35. The Morgan fingerprint density at radius 3 is 2.07 bits per heavy atom. The first-order chi connectivity index (χ1) is 7.27. The van der Waals surface area contributed by atoms with Crippen LogP contribution in [0.1, 0.15) is 58.3 Å². The van der Waals surface area contributed by atoms with Crippen LogP contribution in [0.5, 0.6) is 0 Å². The van der Waals surface area contributed by atoms with E-state index in [0.717, 1.165) is 0 Å². The average molecular weight is 211 g/mol. The Labute approximate surface area is 96.6 Å². The molecule has 0 aromatic carbocycles. The number of unbranched alkanes of at least 4 members (excludes halogenated alkanes) is 6. The van der Waals surface area contributed by atoms with E-state index >= 15 is 0 Å². The fourth-order valence-electron chi connectivity index (χ4n) is 1.62. The van der Waals surface area contributed by atoms with E-state index in [1.54, 1.807) is 0 Å². The van der Waals surface area contributed by atoms with Gasteiger partial charge in [-0.15, -0.1) is 0 Å². The van der Waals surface area contributed by atoms with Crippen LogP contribution >= 0.6 is 0 Å². The summed E-state index contributed by atoms with van der Waals surface area (Å²) >= 11 is 0. The van der Waals surface area contributed by atoms with Gasteiger partial charge in [0.25, 0.3) is 0 Å². The third-order valence-corrected chi connectivity index (χ3v) is 2.60. The normalized spacial score (nSPS) is 11.7. The van der Waals surface area contributed by atoms with E-state index < -0.39 is 0 Å². The highest BCUT2D eigenvalue weighted by atomic mass is 15.0. The number of nitrogens with zero attached hydrogens (tertiary/aromatic N) is 1. The highest BCUT2D eigenvalue weighted by Gasteiger charge is 1.91. The Balaban J connectivity index is 2.98. The lowest BCUT2D eigenvalue weighted by atomic mass is 10.1. The molecule has 0 saturated heterocycles. The van der Waals surface area contributed by atoms with Gasteiger partial charge in [-0.1, -0.05) is 44.8 Å². The zero-order chi connectivity index (χ0) is 11.4. The topological polar surface area (TPSA) is 3.24 Å². The molecular weight excluding hydrogens is 182 g/mol. The molecule has 90 valence electrons. The van der Waals surface area contributed by atoms with E-state index in [2.05, 4.69) is 38.1 Å². The van der Waals surface area contributed by atoms with Crippen LogP contribution in [-0.2, 0) is 0 Å². The molecule has 0 radical (unpaired) electrons. The smallest absolute Gasteiger partial charge is 0.00248 e. The summed E-state index contributed by atoms with van der Waals surface area (Å²) < 4.78 is 0. The molecule has 0 aliphatic rings. The number of hydrogen-bond acceptors (Lipinski definition) is 1. The molecule has 0 aromatic rings. The second-order valence-electron chi connectivity index (χ2n) is 4.62. The molecule has 0 aromatic heterocycles. The minimum atomic E-state index is 1.25. The molecule has 0 rings (SSSR count). The van der Waals surface area contributed by atoms with Crippen LogP contribution in [0.4, 0.5) is 0 Å². The van der Waals surface area contributed by atoms with Crippen molar-refractivity contribution in [1.29, 1.82) is 0 Å². The monoisotopic (exact) mass is 211 g/mol. The Morgan fingerprint density at radius 2 is 1.40 bits per heavy atom. The second-order valence-corrected chi connectivity index (χ2v) is 4.62. The summed E-state index contributed by atoms with van der Waals surface area (Å²) in [7, 11) is 4.30. The number of allylic oxidation sites excluding steroid dienone is 2. The van der Waals surface area contributed by atoms with E-state index in [4.69, 9.17) is 0 Å². The Morgan fingerprint density at radius 1 is 0.800 bits per heavy atom. The maximum Gasteiger partial charge on any atom is -0.00248 e. The van der Waals surface area contributed by atoms with Crippen molar-refractivity contribution in [3.05, 3.63) is 12.2 Å². The van der Waals surface area contributed by atoms with Gasteiger partial charge in [-0.05, 0) is 46.3 Å². The second kappa shape index (κ2) is 11.8. The van der Waals surface area contributed by atoms with E-state index in [1.807, 2.05) is 0 Å². The predicted molar refractivity (Wildman–Crippen MR) is 70.3 cm³/mol. The van der Waals surface area contributed by atoms with Crippen molar-refractivity contribution in [2.24, 2.45) is 0 Å². The lowest BCUT2D eigenvalue weighted by Gasteiger charge is -2.08. The SMILES string of the molecule is CCC/C=C/CCCCCCCN(C)C. The average Bonchev–Trinajstić information content (AvgIpc) is 2.20. The molecule has 15 heavy (non-hydrogen) atoms. The van der Waals surface area contributed by atoms with Gasteiger partial charge >= 0.3 is 0 Å². The first kappa shape index (κ1) is 14.7. The van der Waals surface area contributed by atoms with Crippen LogP contribution in [0.15, 0.2) is 12.2 Å². The van der Waals surface area contributed by atoms with Gasteiger partial charge in [0.2, 0.25) is 0 Å². The maximum absolute atomic E-state index is 2.35. The first-order valence-corrected chi connectivity index (χ1v) is 6.57. The van der Waals surface area contributed by atoms with Crippen LogP contribution < -0.4 is 0 Å². The fraction of sp³-hybridized carbons (Fsp3) is 0.857. The summed E-state index contributed by atoms with van der Waals surface area (Å²) in [5.41, 5.74) is 0. The van der Waals surface area contributed by atoms with Gasteiger partial charge in [-0.3, -0.25) is 0 Å². The Kier molecular flexibility index (Phi) is 11.5. The van der Waals surface area contributed by atoms with Gasteiger partial charge in [-0.2, -0.15) is 0 Å². The van der Waals surface area contributed by atoms with Crippen molar-refractivity contribution < 1.29 is 0 Å².